The molecule has 3 aromatic heterocycles. The predicted octanol–water partition coefficient (Wildman–Crippen LogP) is 3.83. The first-order valence-corrected chi connectivity index (χ1v) is 11.5. The molecule has 0 saturated carbocycles. The summed E-state index contributed by atoms with van der Waals surface area (Å²) in [6, 6.07) is 5.56. The van der Waals surface area contributed by atoms with Crippen LogP contribution in [0, 0.1) is 6.92 Å². The second-order valence-corrected chi connectivity index (χ2v) is 9.83. The lowest BCUT2D eigenvalue weighted by Crippen LogP contribution is -2.49. The summed E-state index contributed by atoms with van der Waals surface area (Å²) >= 11 is 0. The number of carbonyl (C=O) groups is 1. The molecule has 1 aliphatic heterocycles. The molecule has 0 aliphatic carbocycles. The van der Waals surface area contributed by atoms with Crippen LogP contribution in [0.5, 0.6) is 0 Å². The highest BCUT2D eigenvalue weighted by Gasteiger charge is 2.25. The van der Waals surface area contributed by atoms with Gasteiger partial charge in [0.1, 0.15) is 11.2 Å². The Morgan fingerprint density at radius 2 is 1.74 bits per heavy atom. The van der Waals surface area contributed by atoms with Crippen molar-refractivity contribution in [1.82, 2.24) is 14.9 Å². The van der Waals surface area contributed by atoms with E-state index in [1.165, 1.54) is 0 Å². The molecule has 1 aliphatic rings. The third-order valence-electron chi connectivity index (χ3n) is 6.58. The average molecular weight is 461 g/mol. The van der Waals surface area contributed by atoms with Gasteiger partial charge in [-0.25, -0.2) is 14.8 Å². The van der Waals surface area contributed by atoms with Crippen LogP contribution in [0.4, 0.5) is 5.95 Å². The summed E-state index contributed by atoms with van der Waals surface area (Å²) in [7, 11) is 0. The van der Waals surface area contributed by atoms with Crippen molar-refractivity contribution in [2.24, 2.45) is 0 Å². The summed E-state index contributed by atoms with van der Waals surface area (Å²) in [5, 5.41) is 1.82. The van der Waals surface area contributed by atoms with Crippen molar-refractivity contribution in [3.05, 3.63) is 64.0 Å². The summed E-state index contributed by atoms with van der Waals surface area (Å²) in [6.07, 6.45) is 5.20. The van der Waals surface area contributed by atoms with Crippen LogP contribution in [-0.2, 0) is 16.6 Å². The van der Waals surface area contributed by atoms with Crippen molar-refractivity contribution in [3.8, 4) is 0 Å². The Balaban J connectivity index is 1.40. The van der Waals surface area contributed by atoms with Crippen LogP contribution in [-0.4, -0.2) is 47.0 Å². The van der Waals surface area contributed by atoms with Crippen LogP contribution in [0.3, 0.4) is 0 Å². The molecule has 0 radical (unpaired) electrons. The van der Waals surface area contributed by atoms with Gasteiger partial charge in [0.2, 0.25) is 11.9 Å². The minimum atomic E-state index is -0.475. The lowest BCUT2D eigenvalue weighted by atomic mass is 9.86. The molecular weight excluding hydrogens is 432 g/mol. The number of furan rings is 1. The van der Waals surface area contributed by atoms with E-state index in [4.69, 9.17) is 8.83 Å². The van der Waals surface area contributed by atoms with Gasteiger partial charge in [-0.05, 0) is 30.0 Å². The van der Waals surface area contributed by atoms with Gasteiger partial charge in [-0.2, -0.15) is 0 Å². The molecule has 0 atom stereocenters. The molecule has 4 heterocycles. The lowest BCUT2D eigenvalue weighted by molar-refractivity contribution is -0.130. The average Bonchev–Trinajstić information content (AvgIpc) is 3.25. The van der Waals surface area contributed by atoms with Gasteiger partial charge in [0.25, 0.3) is 0 Å². The number of carbonyl (C=O) groups excluding carboxylic acids is 1. The number of amides is 1. The van der Waals surface area contributed by atoms with Crippen LogP contribution in [0.15, 0.2) is 50.5 Å². The van der Waals surface area contributed by atoms with E-state index in [-0.39, 0.29) is 17.7 Å². The normalized spacial score (nSPS) is 14.8. The highest BCUT2D eigenvalue weighted by atomic mass is 16.4. The predicted molar refractivity (Wildman–Crippen MR) is 130 cm³/mol. The molecule has 176 valence electrons. The summed E-state index contributed by atoms with van der Waals surface area (Å²) < 4.78 is 11.4. The molecule has 0 bridgehead atoms. The molecular formula is C26H28N4O4. The van der Waals surface area contributed by atoms with E-state index in [2.05, 4.69) is 35.6 Å². The van der Waals surface area contributed by atoms with Gasteiger partial charge >= 0.3 is 5.63 Å². The maximum Gasteiger partial charge on any atom is 0.340 e. The minimum absolute atomic E-state index is 0.0154. The largest absolute Gasteiger partial charge is 0.464 e. The van der Waals surface area contributed by atoms with Gasteiger partial charge in [-0.3, -0.25) is 4.79 Å². The van der Waals surface area contributed by atoms with Crippen LogP contribution in [0.1, 0.15) is 37.5 Å². The van der Waals surface area contributed by atoms with E-state index in [1.807, 2.05) is 13.0 Å². The number of piperazine rings is 1. The summed E-state index contributed by atoms with van der Waals surface area (Å²) in [4.78, 5) is 38.3. The second kappa shape index (κ2) is 8.27. The molecule has 8 nitrogen and oxygen atoms in total. The Hall–Kier alpha value is -3.68. The highest BCUT2D eigenvalue weighted by Crippen LogP contribution is 2.35. The second-order valence-electron chi connectivity index (χ2n) is 9.83. The SMILES string of the molecule is Cc1c(CC(=O)N2CCN(c3ncccn3)CC2)c(=O)oc2cc3occ(C(C)(C)C)c3cc12. The van der Waals surface area contributed by atoms with Crippen LogP contribution in [0.2, 0.25) is 0 Å². The zero-order chi connectivity index (χ0) is 24.0. The van der Waals surface area contributed by atoms with E-state index in [0.717, 1.165) is 21.9 Å². The van der Waals surface area contributed by atoms with Gasteiger partial charge in [-0.1, -0.05) is 20.8 Å². The van der Waals surface area contributed by atoms with Gasteiger partial charge in [-0.15, -0.1) is 0 Å². The zero-order valence-electron chi connectivity index (χ0n) is 19.9. The van der Waals surface area contributed by atoms with Crippen LogP contribution < -0.4 is 10.5 Å². The van der Waals surface area contributed by atoms with Gasteiger partial charge in [0.15, 0.2) is 0 Å². The third-order valence-corrected chi connectivity index (χ3v) is 6.58. The number of aromatic nitrogens is 2. The number of rotatable bonds is 3. The van der Waals surface area contributed by atoms with Crippen molar-refractivity contribution in [3.63, 3.8) is 0 Å². The molecule has 34 heavy (non-hydrogen) atoms. The number of anilines is 1. The van der Waals surface area contributed by atoms with E-state index in [9.17, 15) is 9.59 Å². The van der Waals surface area contributed by atoms with Crippen molar-refractivity contribution in [2.45, 2.75) is 39.5 Å². The van der Waals surface area contributed by atoms with Crippen molar-refractivity contribution in [2.75, 3.05) is 31.1 Å². The number of nitrogens with zero attached hydrogens (tertiary/aromatic N) is 4. The lowest BCUT2D eigenvalue weighted by Gasteiger charge is -2.34. The summed E-state index contributed by atoms with van der Waals surface area (Å²) in [5.41, 5.74) is 2.87. The van der Waals surface area contributed by atoms with E-state index in [0.29, 0.717) is 48.9 Å². The smallest absolute Gasteiger partial charge is 0.340 e. The van der Waals surface area contributed by atoms with Crippen LogP contribution in [0.25, 0.3) is 21.9 Å². The summed E-state index contributed by atoms with van der Waals surface area (Å²) in [6.45, 7) is 10.7. The topological polar surface area (TPSA) is 92.7 Å². The van der Waals surface area contributed by atoms with Crippen molar-refractivity contribution >= 4 is 33.8 Å². The third kappa shape index (κ3) is 3.93. The molecule has 0 unspecified atom stereocenters. The first-order chi connectivity index (χ1) is 16.2. The van der Waals surface area contributed by atoms with E-state index < -0.39 is 5.63 Å². The Morgan fingerprint density at radius 3 is 2.41 bits per heavy atom. The maximum absolute atomic E-state index is 13.1. The first kappa shape index (κ1) is 22.1. The summed E-state index contributed by atoms with van der Waals surface area (Å²) in [5.74, 6) is 0.587. The number of benzene rings is 1. The Kier molecular flexibility index (Phi) is 5.38. The number of hydrogen-bond acceptors (Lipinski definition) is 7. The number of hydrogen-bond donors (Lipinski definition) is 0. The Labute approximate surface area is 197 Å². The van der Waals surface area contributed by atoms with E-state index >= 15 is 0 Å². The van der Waals surface area contributed by atoms with Crippen molar-refractivity contribution in [1.29, 1.82) is 0 Å². The standard InChI is InChI=1S/C26H28N4O4/c1-16-17-12-19-20(26(2,3)4)15-33-21(19)14-22(17)34-24(32)18(16)13-23(31)29-8-10-30(11-9-29)25-27-6-5-7-28-25/h5-7,12,14-15H,8-11,13H2,1-4H3. The quantitative estimate of drug-likeness (QED) is 0.429. The molecule has 1 fully saturated rings. The molecule has 1 aromatic carbocycles. The monoisotopic (exact) mass is 460 g/mol. The van der Waals surface area contributed by atoms with Gasteiger partial charge in [0, 0.05) is 61.0 Å². The van der Waals surface area contributed by atoms with Gasteiger partial charge in [0.05, 0.1) is 18.2 Å². The van der Waals surface area contributed by atoms with Crippen molar-refractivity contribution < 1.29 is 13.6 Å². The molecule has 1 amide bonds. The van der Waals surface area contributed by atoms with E-state index in [1.54, 1.807) is 35.7 Å². The molecule has 8 heteroatoms. The molecule has 0 spiro atoms. The number of aryl methyl sites for hydroxylation is 1. The van der Waals surface area contributed by atoms with Gasteiger partial charge < -0.3 is 18.6 Å². The fourth-order valence-corrected chi connectivity index (χ4v) is 4.57. The Morgan fingerprint density at radius 1 is 1.03 bits per heavy atom. The van der Waals surface area contributed by atoms with Crippen LogP contribution >= 0.6 is 0 Å². The maximum atomic E-state index is 13.1. The first-order valence-electron chi connectivity index (χ1n) is 11.5. The highest BCUT2D eigenvalue weighted by molar-refractivity contribution is 5.97. The zero-order valence-corrected chi connectivity index (χ0v) is 19.9. The number of fused-ring (bicyclic) bond motifs is 2. The molecule has 5 rings (SSSR count). The fraction of sp³-hybridized carbons (Fsp3) is 0.385. The minimum Gasteiger partial charge on any atom is -0.464 e. The Bertz CT molecular complexity index is 1420. The molecule has 0 N–H and O–H groups in total. The molecule has 1 saturated heterocycles. The molecule has 4 aromatic rings. The fourth-order valence-electron chi connectivity index (χ4n) is 4.57.